The summed E-state index contributed by atoms with van der Waals surface area (Å²) in [5.41, 5.74) is 4.61. The van der Waals surface area contributed by atoms with Crippen LogP contribution in [-0.4, -0.2) is 52.4 Å². The fourth-order valence-electron chi connectivity index (χ4n) is 4.69. The van der Waals surface area contributed by atoms with Crippen LogP contribution in [0.15, 0.2) is 18.2 Å². The standard InChI is InChI=1S/C20H34N4/c1-4-9-22-10-12-24(13-11-22)20-16-21-15-17-14-18(7-8-19(17)20)23(5-2)6-3/h7-8,14,20-21H,4-6,9-13,15-16H2,1-3H3/p+3/t20-/m0/s1. The summed E-state index contributed by atoms with van der Waals surface area (Å²) in [6.45, 7) is 18.2. The van der Waals surface area contributed by atoms with Crippen LogP contribution in [0.2, 0.25) is 0 Å². The van der Waals surface area contributed by atoms with Crippen molar-refractivity contribution in [2.45, 2.75) is 39.8 Å². The van der Waals surface area contributed by atoms with E-state index in [0.717, 1.165) is 19.6 Å². The number of anilines is 1. The van der Waals surface area contributed by atoms with E-state index in [2.05, 4.69) is 49.2 Å². The number of nitrogens with two attached hydrogens (primary N) is 1. The highest BCUT2D eigenvalue weighted by molar-refractivity contribution is 5.51. The van der Waals surface area contributed by atoms with Gasteiger partial charge in [0.05, 0.1) is 6.54 Å². The van der Waals surface area contributed by atoms with Gasteiger partial charge < -0.3 is 20.0 Å². The van der Waals surface area contributed by atoms with Crippen LogP contribution in [0.25, 0.3) is 0 Å². The number of piperazine rings is 1. The molecule has 4 N–H and O–H groups in total. The summed E-state index contributed by atoms with van der Waals surface area (Å²) in [6, 6.07) is 7.96. The minimum Gasteiger partial charge on any atom is -0.372 e. The molecule has 1 aromatic rings. The van der Waals surface area contributed by atoms with Crippen LogP contribution in [0.3, 0.4) is 0 Å². The number of fused-ring (bicyclic) bond motifs is 1. The largest absolute Gasteiger partial charge is 0.372 e. The van der Waals surface area contributed by atoms with E-state index in [1.54, 1.807) is 11.1 Å². The van der Waals surface area contributed by atoms with E-state index in [-0.39, 0.29) is 0 Å². The highest BCUT2D eigenvalue weighted by Gasteiger charge is 2.35. The van der Waals surface area contributed by atoms with E-state index in [1.165, 1.54) is 51.4 Å². The lowest BCUT2D eigenvalue weighted by atomic mass is 9.94. The summed E-state index contributed by atoms with van der Waals surface area (Å²) in [5, 5.41) is 2.53. The van der Waals surface area contributed by atoms with Gasteiger partial charge in [-0.2, -0.15) is 0 Å². The summed E-state index contributed by atoms with van der Waals surface area (Å²) in [7, 11) is 0. The number of nitrogens with one attached hydrogen (secondary N) is 2. The molecule has 0 bridgehead atoms. The average Bonchev–Trinajstić information content (AvgIpc) is 2.63. The Morgan fingerprint density at radius 3 is 2.50 bits per heavy atom. The second-order valence-electron chi connectivity index (χ2n) is 7.49. The summed E-state index contributed by atoms with van der Waals surface area (Å²) in [5.74, 6) is 0. The summed E-state index contributed by atoms with van der Waals surface area (Å²) >= 11 is 0. The molecule has 0 aliphatic carbocycles. The fraction of sp³-hybridized carbons (Fsp3) is 0.700. The van der Waals surface area contributed by atoms with E-state index >= 15 is 0 Å². The molecule has 1 fully saturated rings. The van der Waals surface area contributed by atoms with Gasteiger partial charge in [-0.1, -0.05) is 13.0 Å². The third-order valence-corrected chi connectivity index (χ3v) is 6.09. The molecule has 134 valence electrons. The smallest absolute Gasteiger partial charge is 0.163 e. The van der Waals surface area contributed by atoms with Crippen LogP contribution >= 0.6 is 0 Å². The first-order chi connectivity index (χ1) is 11.8. The third-order valence-electron chi connectivity index (χ3n) is 6.09. The molecule has 0 amide bonds. The molecule has 1 aromatic carbocycles. The first-order valence-electron chi connectivity index (χ1n) is 10.1. The van der Waals surface area contributed by atoms with Gasteiger partial charge in [-0.05, 0) is 32.4 Å². The maximum Gasteiger partial charge on any atom is 0.163 e. The molecule has 0 aromatic heterocycles. The highest BCUT2D eigenvalue weighted by atomic mass is 15.3. The van der Waals surface area contributed by atoms with Crippen molar-refractivity contribution < 1.29 is 15.1 Å². The first-order valence-corrected chi connectivity index (χ1v) is 10.1. The predicted molar refractivity (Wildman–Crippen MR) is 99.8 cm³/mol. The van der Waals surface area contributed by atoms with Crippen LogP contribution in [0, 0.1) is 0 Å². The van der Waals surface area contributed by atoms with Gasteiger partial charge in [0.2, 0.25) is 0 Å². The molecule has 2 heterocycles. The molecule has 2 aliphatic rings. The Morgan fingerprint density at radius 2 is 1.83 bits per heavy atom. The summed E-state index contributed by atoms with van der Waals surface area (Å²) in [4.78, 5) is 6.10. The lowest BCUT2D eigenvalue weighted by Gasteiger charge is -2.36. The molecule has 0 saturated carbocycles. The van der Waals surface area contributed by atoms with Gasteiger partial charge in [0.25, 0.3) is 0 Å². The number of rotatable bonds is 6. The molecular formula is C20H37N4+3. The van der Waals surface area contributed by atoms with Crippen molar-refractivity contribution >= 4 is 5.69 Å². The van der Waals surface area contributed by atoms with Gasteiger partial charge >= 0.3 is 0 Å². The molecule has 4 heteroatoms. The molecule has 1 atom stereocenters. The molecule has 0 unspecified atom stereocenters. The monoisotopic (exact) mass is 333 g/mol. The quantitative estimate of drug-likeness (QED) is 0.603. The van der Waals surface area contributed by atoms with Crippen LogP contribution in [-0.2, 0) is 6.54 Å². The zero-order valence-electron chi connectivity index (χ0n) is 15.9. The van der Waals surface area contributed by atoms with Crippen molar-refractivity contribution in [3.8, 4) is 0 Å². The van der Waals surface area contributed by atoms with Gasteiger partial charge in [0.15, 0.2) is 6.04 Å². The maximum absolute atomic E-state index is 2.53. The third kappa shape index (κ3) is 3.76. The lowest BCUT2D eigenvalue weighted by molar-refractivity contribution is -1.03. The molecule has 4 nitrogen and oxygen atoms in total. The van der Waals surface area contributed by atoms with Crippen molar-refractivity contribution in [2.75, 3.05) is 57.3 Å². The van der Waals surface area contributed by atoms with Crippen LogP contribution < -0.4 is 20.0 Å². The Labute approximate surface area is 147 Å². The van der Waals surface area contributed by atoms with E-state index in [0.29, 0.717) is 6.04 Å². The maximum atomic E-state index is 2.53. The molecule has 0 radical (unpaired) electrons. The van der Waals surface area contributed by atoms with Gasteiger partial charge in [-0.15, -0.1) is 0 Å². The van der Waals surface area contributed by atoms with E-state index < -0.39 is 0 Å². The topological polar surface area (TPSA) is 28.7 Å². The number of nitrogens with zero attached hydrogens (tertiary/aromatic N) is 1. The van der Waals surface area contributed by atoms with Crippen LogP contribution in [0.1, 0.15) is 44.4 Å². The van der Waals surface area contributed by atoms with Gasteiger partial charge in [0.1, 0.15) is 39.3 Å². The molecule has 3 rings (SSSR count). The van der Waals surface area contributed by atoms with E-state index in [9.17, 15) is 0 Å². The van der Waals surface area contributed by atoms with Crippen molar-refractivity contribution in [3.05, 3.63) is 29.3 Å². The minimum absolute atomic E-state index is 0.697. The van der Waals surface area contributed by atoms with Crippen LogP contribution in [0.5, 0.6) is 0 Å². The SMILES string of the molecule is CCC[NH+]1CC[NH+]([C@H]2C[NH2+]Cc3cc(N(CC)CC)ccc32)CC1. The molecule has 0 spiro atoms. The van der Waals surface area contributed by atoms with Crippen molar-refractivity contribution in [2.24, 2.45) is 0 Å². The Hall–Kier alpha value is -1.10. The lowest BCUT2D eigenvalue weighted by Crippen LogP contribution is -3.29. The number of quaternary nitrogens is 3. The zero-order chi connectivity index (χ0) is 16.9. The van der Waals surface area contributed by atoms with E-state index in [4.69, 9.17) is 0 Å². The number of benzene rings is 1. The Bertz CT molecular complexity index is 518. The average molecular weight is 334 g/mol. The normalized spacial score (nSPS) is 26.9. The zero-order valence-corrected chi connectivity index (χ0v) is 15.9. The molecule has 24 heavy (non-hydrogen) atoms. The van der Waals surface area contributed by atoms with E-state index in [1.807, 2.05) is 9.80 Å². The fourth-order valence-corrected chi connectivity index (χ4v) is 4.69. The van der Waals surface area contributed by atoms with Gasteiger partial charge in [-0.3, -0.25) is 0 Å². The molecule has 1 saturated heterocycles. The van der Waals surface area contributed by atoms with Crippen molar-refractivity contribution in [1.29, 1.82) is 0 Å². The second kappa shape index (κ2) is 8.32. The van der Waals surface area contributed by atoms with Crippen LogP contribution in [0.4, 0.5) is 5.69 Å². The highest BCUT2D eigenvalue weighted by Crippen LogP contribution is 2.24. The summed E-state index contributed by atoms with van der Waals surface area (Å²) < 4.78 is 0. The second-order valence-corrected chi connectivity index (χ2v) is 7.49. The van der Waals surface area contributed by atoms with Gasteiger partial charge in [-0.25, -0.2) is 0 Å². The summed E-state index contributed by atoms with van der Waals surface area (Å²) in [6.07, 6.45) is 1.32. The number of hydrogen-bond donors (Lipinski definition) is 3. The Kier molecular flexibility index (Phi) is 6.14. The molecule has 2 aliphatic heterocycles. The number of hydrogen-bond acceptors (Lipinski definition) is 1. The van der Waals surface area contributed by atoms with Crippen molar-refractivity contribution in [1.82, 2.24) is 0 Å². The predicted octanol–water partition coefficient (Wildman–Crippen LogP) is -1.16. The van der Waals surface area contributed by atoms with Crippen molar-refractivity contribution in [3.63, 3.8) is 0 Å². The Balaban J connectivity index is 1.73. The molecular weight excluding hydrogens is 296 g/mol. The van der Waals surface area contributed by atoms with Gasteiger partial charge in [0, 0.05) is 29.9 Å². The minimum atomic E-state index is 0.697. The Morgan fingerprint density at radius 1 is 1.08 bits per heavy atom. The first kappa shape index (κ1) is 17.7.